The number of aromatic amines is 1. The number of ether oxygens (including phenoxy) is 1. The second-order valence-electron chi connectivity index (χ2n) is 6.60. The Labute approximate surface area is 169 Å². The van der Waals surface area contributed by atoms with Crippen LogP contribution in [0.25, 0.3) is 0 Å². The summed E-state index contributed by atoms with van der Waals surface area (Å²) in [5.74, 6) is -0.135. The summed E-state index contributed by atoms with van der Waals surface area (Å²) >= 11 is 2.59. The predicted octanol–water partition coefficient (Wildman–Crippen LogP) is 2.57. The molecule has 3 rings (SSSR count). The number of nitrogens with zero attached hydrogens (tertiary/aromatic N) is 1. The molecule has 1 unspecified atom stereocenters. The summed E-state index contributed by atoms with van der Waals surface area (Å²) in [6.07, 6.45) is 2.86. The summed E-state index contributed by atoms with van der Waals surface area (Å²) in [5, 5.41) is 12.9. The van der Waals surface area contributed by atoms with Crippen molar-refractivity contribution in [2.75, 3.05) is 18.2 Å². The summed E-state index contributed by atoms with van der Waals surface area (Å²) in [6, 6.07) is 0.977. The third-order valence-electron chi connectivity index (χ3n) is 4.43. The third-order valence-corrected chi connectivity index (χ3v) is 6.47. The number of thioether (sulfide) groups is 1. The molecule has 0 bridgehead atoms. The summed E-state index contributed by atoms with van der Waals surface area (Å²) < 4.78 is 4.92. The van der Waals surface area contributed by atoms with E-state index in [2.05, 4.69) is 22.2 Å². The highest BCUT2D eigenvalue weighted by molar-refractivity contribution is 7.99. The molecular formula is C18H21N3O5S2. The lowest BCUT2D eigenvalue weighted by atomic mass is 9.88. The molecule has 2 heterocycles. The second kappa shape index (κ2) is 8.78. The first-order chi connectivity index (χ1) is 13.4. The van der Waals surface area contributed by atoms with E-state index < -0.39 is 11.5 Å². The zero-order chi connectivity index (χ0) is 20.3. The first kappa shape index (κ1) is 20.4. The minimum absolute atomic E-state index is 0.156. The number of methoxy groups -OCH3 is 1. The molecule has 2 aromatic rings. The Balaban J connectivity index is 1.66. The van der Waals surface area contributed by atoms with E-state index in [9.17, 15) is 19.5 Å². The van der Waals surface area contributed by atoms with E-state index in [-0.39, 0.29) is 23.4 Å². The van der Waals surface area contributed by atoms with E-state index in [1.54, 1.807) is 0 Å². The monoisotopic (exact) mass is 423 g/mol. The fourth-order valence-corrected chi connectivity index (χ4v) is 5.30. The normalized spacial score (nSPS) is 15.7. The van der Waals surface area contributed by atoms with Crippen LogP contribution in [-0.2, 0) is 22.4 Å². The molecule has 0 radical (unpaired) electrons. The van der Waals surface area contributed by atoms with E-state index in [4.69, 9.17) is 4.74 Å². The van der Waals surface area contributed by atoms with Gasteiger partial charge in [-0.3, -0.25) is 9.59 Å². The highest BCUT2D eigenvalue weighted by Crippen LogP contribution is 2.40. The molecule has 1 amide bonds. The van der Waals surface area contributed by atoms with E-state index in [1.165, 1.54) is 18.4 Å². The molecule has 0 aromatic carbocycles. The van der Waals surface area contributed by atoms with Crippen molar-refractivity contribution < 1.29 is 19.4 Å². The molecule has 0 aliphatic heterocycles. The zero-order valence-electron chi connectivity index (χ0n) is 15.5. The minimum atomic E-state index is -0.458. The lowest BCUT2D eigenvalue weighted by molar-refractivity contribution is -0.115. The number of fused-ring (bicyclic) bond motifs is 1. The van der Waals surface area contributed by atoms with Gasteiger partial charge >= 0.3 is 5.97 Å². The minimum Gasteiger partial charge on any atom is -0.493 e. The number of amides is 1. The van der Waals surface area contributed by atoms with Crippen LogP contribution in [0.2, 0.25) is 0 Å². The van der Waals surface area contributed by atoms with Crippen LogP contribution in [0, 0.1) is 5.92 Å². The first-order valence-corrected chi connectivity index (χ1v) is 10.6. The molecule has 28 heavy (non-hydrogen) atoms. The van der Waals surface area contributed by atoms with Gasteiger partial charge in [0.1, 0.15) is 5.00 Å². The molecule has 0 fully saturated rings. The molecule has 0 saturated carbocycles. The van der Waals surface area contributed by atoms with Crippen molar-refractivity contribution >= 4 is 40.0 Å². The lowest BCUT2D eigenvalue weighted by Gasteiger charge is -2.18. The van der Waals surface area contributed by atoms with Crippen molar-refractivity contribution in [2.24, 2.45) is 5.92 Å². The van der Waals surface area contributed by atoms with Crippen LogP contribution in [0.3, 0.4) is 0 Å². The van der Waals surface area contributed by atoms with E-state index in [0.717, 1.165) is 47.5 Å². The van der Waals surface area contributed by atoms with Crippen molar-refractivity contribution in [3.8, 4) is 5.88 Å². The quantitative estimate of drug-likeness (QED) is 0.371. The van der Waals surface area contributed by atoms with Gasteiger partial charge in [-0.15, -0.1) is 11.3 Å². The van der Waals surface area contributed by atoms with E-state index in [0.29, 0.717) is 22.2 Å². The van der Waals surface area contributed by atoms with Gasteiger partial charge in [0, 0.05) is 17.1 Å². The summed E-state index contributed by atoms with van der Waals surface area (Å²) in [4.78, 5) is 43.3. The van der Waals surface area contributed by atoms with Crippen molar-refractivity contribution in [1.82, 2.24) is 9.97 Å². The number of aromatic nitrogens is 2. The van der Waals surface area contributed by atoms with Crippen LogP contribution < -0.4 is 10.9 Å². The van der Waals surface area contributed by atoms with Gasteiger partial charge in [0.15, 0.2) is 5.16 Å². The third kappa shape index (κ3) is 4.74. The average Bonchev–Trinajstić information content (AvgIpc) is 2.96. The molecular weight excluding hydrogens is 402 g/mol. The second-order valence-corrected chi connectivity index (χ2v) is 8.79. The lowest BCUT2D eigenvalue weighted by Crippen LogP contribution is -2.16. The van der Waals surface area contributed by atoms with E-state index in [1.807, 2.05) is 0 Å². The summed E-state index contributed by atoms with van der Waals surface area (Å²) in [6.45, 7) is 2.18. The smallest absolute Gasteiger partial charge is 0.341 e. The average molecular weight is 424 g/mol. The molecule has 150 valence electrons. The van der Waals surface area contributed by atoms with Gasteiger partial charge in [0.05, 0.1) is 18.7 Å². The van der Waals surface area contributed by atoms with Crippen LogP contribution in [0.15, 0.2) is 16.0 Å². The van der Waals surface area contributed by atoms with E-state index >= 15 is 0 Å². The topological polar surface area (TPSA) is 121 Å². The first-order valence-electron chi connectivity index (χ1n) is 8.83. The number of nitrogens with one attached hydrogen (secondary N) is 2. The van der Waals surface area contributed by atoms with Gasteiger partial charge in [-0.25, -0.2) is 4.79 Å². The predicted molar refractivity (Wildman–Crippen MR) is 107 cm³/mol. The van der Waals surface area contributed by atoms with Gasteiger partial charge in [-0.1, -0.05) is 18.7 Å². The molecule has 10 heteroatoms. The van der Waals surface area contributed by atoms with Gasteiger partial charge in [0.2, 0.25) is 11.8 Å². The fraction of sp³-hybridized carbons (Fsp3) is 0.444. The number of aromatic hydroxyl groups is 1. The Morgan fingerprint density at radius 3 is 3.00 bits per heavy atom. The van der Waals surface area contributed by atoms with Gasteiger partial charge in [-0.05, 0) is 30.7 Å². The largest absolute Gasteiger partial charge is 0.493 e. The molecule has 0 saturated heterocycles. The number of carbonyl (C=O) groups excluding carboxylic acids is 2. The van der Waals surface area contributed by atoms with Crippen molar-refractivity contribution in [2.45, 2.75) is 37.8 Å². The highest BCUT2D eigenvalue weighted by Gasteiger charge is 2.28. The Morgan fingerprint density at radius 2 is 2.29 bits per heavy atom. The number of esters is 1. The Kier molecular flexibility index (Phi) is 6.40. The number of rotatable bonds is 6. The molecule has 1 atom stereocenters. The maximum atomic E-state index is 12.4. The van der Waals surface area contributed by atoms with Crippen LogP contribution >= 0.6 is 23.1 Å². The molecule has 0 spiro atoms. The molecule has 3 N–H and O–H groups in total. The van der Waals surface area contributed by atoms with Crippen molar-refractivity contribution in [3.63, 3.8) is 0 Å². The number of hydrogen-bond acceptors (Lipinski definition) is 8. The van der Waals surface area contributed by atoms with Gasteiger partial charge < -0.3 is 20.1 Å². The van der Waals surface area contributed by atoms with Crippen LogP contribution in [-0.4, -0.2) is 39.8 Å². The maximum Gasteiger partial charge on any atom is 0.341 e. The zero-order valence-corrected chi connectivity index (χ0v) is 17.2. The Morgan fingerprint density at radius 1 is 1.50 bits per heavy atom. The molecule has 2 aromatic heterocycles. The van der Waals surface area contributed by atoms with Gasteiger partial charge in [-0.2, -0.15) is 4.98 Å². The van der Waals surface area contributed by atoms with Crippen LogP contribution in [0.4, 0.5) is 5.00 Å². The van der Waals surface area contributed by atoms with Crippen molar-refractivity contribution in [3.05, 3.63) is 32.4 Å². The van der Waals surface area contributed by atoms with Crippen LogP contribution in [0.1, 0.15) is 40.6 Å². The van der Waals surface area contributed by atoms with Crippen molar-refractivity contribution in [1.29, 1.82) is 0 Å². The number of carbonyl (C=O) groups is 2. The molecule has 1 aliphatic rings. The molecule has 8 nitrogen and oxygen atoms in total. The standard InChI is InChI=1S/C18H21N3O5S2/c1-9-3-4-10-11(7-9)28-16(15(10)17(25)26-2)19-12(22)5-6-27-18-20-13(23)8-14(24)21-18/h8-9H,3-7H2,1-2H3,(H,19,22)(H2,20,21,23,24). The SMILES string of the molecule is COC(=O)c1c(NC(=O)CCSc2nc(O)cc(=O)[nH]2)sc2c1CCC(C)C2. The highest BCUT2D eigenvalue weighted by atomic mass is 32.2. The maximum absolute atomic E-state index is 12.4. The number of anilines is 1. The molecule has 1 aliphatic carbocycles. The van der Waals surface area contributed by atoms with Gasteiger partial charge in [0.25, 0.3) is 5.56 Å². The van der Waals surface area contributed by atoms with Crippen LogP contribution in [0.5, 0.6) is 5.88 Å². The number of hydrogen-bond donors (Lipinski definition) is 3. The Hall–Kier alpha value is -2.33. The Bertz CT molecular complexity index is 953. The number of thiophene rings is 1. The summed E-state index contributed by atoms with van der Waals surface area (Å²) in [5.41, 5.74) is 0.996. The summed E-state index contributed by atoms with van der Waals surface area (Å²) in [7, 11) is 1.34. The number of H-pyrrole nitrogens is 1. The fourth-order valence-electron chi connectivity index (χ4n) is 3.08.